The zero-order valence-electron chi connectivity index (χ0n) is 12.6. The van der Waals surface area contributed by atoms with Crippen molar-refractivity contribution >= 4 is 17.1 Å². The van der Waals surface area contributed by atoms with Crippen LogP contribution in [-0.2, 0) is 0 Å². The Hall–Kier alpha value is -1.45. The zero-order chi connectivity index (χ0) is 14.8. The number of thiophene rings is 1. The standard InChI is InChI=1S/C18H21NOS/c1-13(19-10-3-4-11-19)15-5-7-16(8-6-15)17-9-12-21-18(17)14(2)20/h5-9,12-13H,3-4,10-11H2,1-2H3/t13-/m0/s1. The van der Waals surface area contributed by atoms with Crippen LogP contribution < -0.4 is 0 Å². The van der Waals surface area contributed by atoms with E-state index in [2.05, 4.69) is 36.1 Å². The molecular formula is C18H21NOS. The Morgan fingerprint density at radius 1 is 1.14 bits per heavy atom. The predicted molar refractivity (Wildman–Crippen MR) is 89.0 cm³/mol. The lowest BCUT2D eigenvalue weighted by Gasteiger charge is -2.24. The topological polar surface area (TPSA) is 20.3 Å². The van der Waals surface area contributed by atoms with Crippen molar-refractivity contribution in [1.82, 2.24) is 4.90 Å². The number of rotatable bonds is 4. The van der Waals surface area contributed by atoms with Crippen LogP contribution in [0.25, 0.3) is 11.1 Å². The van der Waals surface area contributed by atoms with E-state index in [1.807, 2.05) is 11.4 Å². The second-order valence-electron chi connectivity index (χ2n) is 5.76. The number of nitrogens with zero attached hydrogens (tertiary/aromatic N) is 1. The highest BCUT2D eigenvalue weighted by atomic mass is 32.1. The van der Waals surface area contributed by atoms with Gasteiger partial charge in [0.05, 0.1) is 4.88 Å². The van der Waals surface area contributed by atoms with Crippen LogP contribution in [0.2, 0.25) is 0 Å². The molecule has 0 bridgehead atoms. The molecule has 1 atom stereocenters. The van der Waals surface area contributed by atoms with Crippen molar-refractivity contribution in [2.24, 2.45) is 0 Å². The summed E-state index contributed by atoms with van der Waals surface area (Å²) in [4.78, 5) is 15.1. The van der Waals surface area contributed by atoms with E-state index in [0.29, 0.717) is 6.04 Å². The minimum Gasteiger partial charge on any atom is -0.297 e. The van der Waals surface area contributed by atoms with Crippen molar-refractivity contribution in [1.29, 1.82) is 0 Å². The Kier molecular flexibility index (Phi) is 4.22. The molecular weight excluding hydrogens is 278 g/mol. The van der Waals surface area contributed by atoms with Crippen molar-refractivity contribution in [3.05, 3.63) is 46.2 Å². The zero-order valence-corrected chi connectivity index (χ0v) is 13.5. The van der Waals surface area contributed by atoms with Gasteiger partial charge in [-0.2, -0.15) is 0 Å². The number of carbonyl (C=O) groups is 1. The van der Waals surface area contributed by atoms with Crippen molar-refractivity contribution in [3.63, 3.8) is 0 Å². The van der Waals surface area contributed by atoms with Crippen LogP contribution in [0.4, 0.5) is 0 Å². The molecule has 21 heavy (non-hydrogen) atoms. The molecule has 0 aliphatic carbocycles. The number of likely N-dealkylation sites (tertiary alicyclic amines) is 1. The number of carbonyl (C=O) groups excluding carboxylic acids is 1. The average molecular weight is 299 g/mol. The van der Waals surface area contributed by atoms with Crippen LogP contribution in [0.1, 0.15) is 48.0 Å². The first-order chi connectivity index (χ1) is 10.2. The van der Waals surface area contributed by atoms with E-state index in [9.17, 15) is 4.79 Å². The Morgan fingerprint density at radius 2 is 1.81 bits per heavy atom. The molecule has 2 aromatic rings. The molecule has 1 saturated heterocycles. The summed E-state index contributed by atoms with van der Waals surface area (Å²) in [5.41, 5.74) is 3.56. The lowest BCUT2D eigenvalue weighted by Crippen LogP contribution is -2.23. The van der Waals surface area contributed by atoms with Gasteiger partial charge in [0.1, 0.15) is 0 Å². The van der Waals surface area contributed by atoms with E-state index < -0.39 is 0 Å². The Morgan fingerprint density at radius 3 is 2.43 bits per heavy atom. The molecule has 0 spiro atoms. The second kappa shape index (κ2) is 6.12. The van der Waals surface area contributed by atoms with E-state index in [1.54, 1.807) is 6.92 Å². The molecule has 3 heteroatoms. The van der Waals surface area contributed by atoms with Gasteiger partial charge in [0.15, 0.2) is 5.78 Å². The Labute approximate surface area is 130 Å². The summed E-state index contributed by atoms with van der Waals surface area (Å²) in [5.74, 6) is 0.148. The van der Waals surface area contributed by atoms with Crippen molar-refractivity contribution in [2.45, 2.75) is 32.7 Å². The number of ketones is 1. The van der Waals surface area contributed by atoms with Gasteiger partial charge in [0.2, 0.25) is 0 Å². The second-order valence-corrected chi connectivity index (χ2v) is 6.68. The van der Waals surface area contributed by atoms with Crippen LogP contribution in [0.3, 0.4) is 0 Å². The molecule has 0 N–H and O–H groups in total. The third-order valence-electron chi connectivity index (χ3n) is 4.38. The maximum absolute atomic E-state index is 11.7. The summed E-state index contributed by atoms with van der Waals surface area (Å²) in [6.45, 7) is 6.34. The van der Waals surface area contributed by atoms with E-state index in [0.717, 1.165) is 16.0 Å². The molecule has 1 aliphatic rings. The van der Waals surface area contributed by atoms with Gasteiger partial charge in [-0.3, -0.25) is 9.69 Å². The van der Waals surface area contributed by atoms with Gasteiger partial charge in [0.25, 0.3) is 0 Å². The van der Waals surface area contributed by atoms with E-state index in [1.165, 1.54) is 42.8 Å². The molecule has 1 fully saturated rings. The van der Waals surface area contributed by atoms with Gasteiger partial charge in [0, 0.05) is 11.6 Å². The quantitative estimate of drug-likeness (QED) is 0.758. The smallest absolute Gasteiger partial charge is 0.170 e. The normalized spacial score (nSPS) is 17.0. The van der Waals surface area contributed by atoms with Gasteiger partial charge in [-0.15, -0.1) is 11.3 Å². The third-order valence-corrected chi connectivity index (χ3v) is 5.39. The molecule has 1 aromatic carbocycles. The maximum atomic E-state index is 11.7. The van der Waals surface area contributed by atoms with Crippen LogP contribution in [0.5, 0.6) is 0 Å². The maximum Gasteiger partial charge on any atom is 0.170 e. The highest BCUT2D eigenvalue weighted by molar-refractivity contribution is 7.12. The molecule has 2 nitrogen and oxygen atoms in total. The first-order valence-electron chi connectivity index (χ1n) is 7.59. The summed E-state index contributed by atoms with van der Waals surface area (Å²) in [6, 6.07) is 11.2. The fourth-order valence-electron chi connectivity index (χ4n) is 3.09. The first kappa shape index (κ1) is 14.5. The molecule has 0 radical (unpaired) electrons. The lowest BCUT2D eigenvalue weighted by atomic mass is 10.0. The van der Waals surface area contributed by atoms with Crippen molar-refractivity contribution in [3.8, 4) is 11.1 Å². The van der Waals surface area contributed by atoms with Crippen LogP contribution in [0, 0.1) is 0 Å². The van der Waals surface area contributed by atoms with E-state index in [-0.39, 0.29) is 5.78 Å². The third kappa shape index (κ3) is 2.94. The number of hydrogen-bond acceptors (Lipinski definition) is 3. The molecule has 3 rings (SSSR count). The van der Waals surface area contributed by atoms with E-state index >= 15 is 0 Å². The average Bonchev–Trinajstić information content (AvgIpc) is 3.18. The van der Waals surface area contributed by atoms with Crippen LogP contribution in [0.15, 0.2) is 35.7 Å². The van der Waals surface area contributed by atoms with Gasteiger partial charge < -0.3 is 0 Å². The monoisotopic (exact) mass is 299 g/mol. The number of benzene rings is 1. The molecule has 1 aromatic heterocycles. The molecule has 110 valence electrons. The number of Topliss-reactive ketones (excluding diaryl/α,β-unsaturated/α-hetero) is 1. The predicted octanol–water partition coefficient (Wildman–Crippen LogP) is 4.77. The van der Waals surface area contributed by atoms with Gasteiger partial charge in [-0.05, 0) is 62.4 Å². The largest absolute Gasteiger partial charge is 0.297 e. The highest BCUT2D eigenvalue weighted by Crippen LogP contribution is 2.31. The fourth-order valence-corrected chi connectivity index (χ4v) is 3.91. The fraction of sp³-hybridized carbons (Fsp3) is 0.389. The first-order valence-corrected chi connectivity index (χ1v) is 8.47. The molecule has 0 unspecified atom stereocenters. The van der Waals surface area contributed by atoms with Gasteiger partial charge in [-0.1, -0.05) is 24.3 Å². The molecule has 0 saturated carbocycles. The number of hydrogen-bond donors (Lipinski definition) is 0. The summed E-state index contributed by atoms with van der Waals surface area (Å²) in [5, 5.41) is 1.99. The van der Waals surface area contributed by atoms with Gasteiger partial charge in [-0.25, -0.2) is 0 Å². The summed E-state index contributed by atoms with van der Waals surface area (Å²) in [6.07, 6.45) is 2.64. The summed E-state index contributed by atoms with van der Waals surface area (Å²) < 4.78 is 0. The SMILES string of the molecule is CC(=O)c1sccc1-c1ccc([C@H](C)N2CCCC2)cc1. The highest BCUT2D eigenvalue weighted by Gasteiger charge is 2.19. The summed E-state index contributed by atoms with van der Waals surface area (Å²) in [7, 11) is 0. The van der Waals surface area contributed by atoms with Crippen molar-refractivity contribution in [2.75, 3.05) is 13.1 Å². The Bertz CT molecular complexity index is 623. The molecule has 2 heterocycles. The molecule has 1 aliphatic heterocycles. The van der Waals surface area contributed by atoms with Crippen LogP contribution in [-0.4, -0.2) is 23.8 Å². The minimum absolute atomic E-state index is 0.148. The molecule has 0 amide bonds. The lowest BCUT2D eigenvalue weighted by molar-refractivity contribution is 0.102. The van der Waals surface area contributed by atoms with E-state index in [4.69, 9.17) is 0 Å². The van der Waals surface area contributed by atoms with Crippen LogP contribution >= 0.6 is 11.3 Å². The minimum atomic E-state index is 0.148. The summed E-state index contributed by atoms with van der Waals surface area (Å²) >= 11 is 1.53. The Balaban J connectivity index is 1.83. The van der Waals surface area contributed by atoms with Gasteiger partial charge >= 0.3 is 0 Å². The van der Waals surface area contributed by atoms with Crippen molar-refractivity contribution < 1.29 is 4.79 Å².